The monoisotopic (exact) mass is 1650 g/mol. The number of nitrogens with two attached hydrogens (primary N) is 3. The predicted molar refractivity (Wildman–Crippen MR) is 410 cm³/mol. The fourth-order valence-electron chi connectivity index (χ4n) is 13.0. The molecule has 8 rings (SSSR count). The molecule has 15 amide bonds. The van der Waals surface area contributed by atoms with Crippen molar-refractivity contribution in [1.29, 1.82) is 0 Å². The van der Waals surface area contributed by atoms with Crippen molar-refractivity contribution in [2.75, 3.05) is 39.5 Å². The van der Waals surface area contributed by atoms with Gasteiger partial charge >= 0.3 is 17.9 Å². The van der Waals surface area contributed by atoms with Gasteiger partial charge < -0.3 is 97.8 Å². The van der Waals surface area contributed by atoms with Crippen molar-refractivity contribution < 1.29 is 115 Å². The molecule has 0 radical (unpaired) electrons. The van der Waals surface area contributed by atoms with Gasteiger partial charge in [-0.1, -0.05) is 26.5 Å². The number of nitrogens with one attached hydrogen (secondary N) is 13. The standard InChI is InChI=1S/C75H99N19O24/c1-15-40-30(6)46-26-49-41(16-2)31(7)45(87-49)25-47-32(8)42(20-21-53(98)79-33(9)63(100)81-36(12)66(103)89-92(27-50(76)95)70(107)57-60(116-57)73(110)113-17-3)55(88-47)43(24-54(99)80-34(10)64(101)82-37(13)67(104)90-93(28-51(77)96)71(108)58-61(117-58)74(111)114-18-4)56-44(22-39(85-56)23-48(40)86-46)69(106)84-35(11)65(102)83-38(14)68(105)91-94(29-52(78)97)72(109)59-62(118-59)75(112)115-19-5/h16,22-23,25-26,32-38,42,57-62,85-88H,2,15,17-21,24,27-29H2,1,3-14H3,(H2,76,95)(H2,77,96)(H2,78,97)(H,79,98)(H,80,99)(H,81,100)(H,82,101)(H,83,102)(H,84,106)(H,89,103)(H,90,104)(H,91,105)/t32-,33?,34?,35?,36?,37?,38?,42-,57-,58-,59-,60+,61+,62+/m0/s1. The van der Waals surface area contributed by atoms with E-state index < -0.39 is 217 Å². The van der Waals surface area contributed by atoms with Crippen LogP contribution in [0.3, 0.4) is 0 Å². The highest BCUT2D eigenvalue weighted by molar-refractivity contribution is 6.05. The zero-order valence-corrected chi connectivity index (χ0v) is 67.1. The van der Waals surface area contributed by atoms with E-state index in [0.717, 1.165) is 22.3 Å². The summed E-state index contributed by atoms with van der Waals surface area (Å²) in [5.74, 6) is -19.1. The van der Waals surface area contributed by atoms with E-state index in [1.807, 2.05) is 39.8 Å². The van der Waals surface area contributed by atoms with Gasteiger partial charge in [-0.25, -0.2) is 29.4 Å². The molecule has 3 aromatic heterocycles. The summed E-state index contributed by atoms with van der Waals surface area (Å²) in [5, 5.41) is 21.5. The molecule has 0 aromatic carbocycles. The summed E-state index contributed by atoms with van der Waals surface area (Å²) in [6.07, 6.45) is -1.93. The van der Waals surface area contributed by atoms with E-state index in [1.165, 1.54) is 68.4 Å². The van der Waals surface area contributed by atoms with Crippen LogP contribution in [-0.2, 0) is 116 Å². The third-order valence-corrected chi connectivity index (χ3v) is 19.5. The number of carbonyl (C=O) groups excluding carboxylic acids is 18. The fraction of sp³-hybridized carbons (Fsp3) is 0.493. The highest BCUT2D eigenvalue weighted by Gasteiger charge is 2.56. The molecule has 43 heteroatoms. The zero-order valence-electron chi connectivity index (χ0n) is 67.1. The van der Waals surface area contributed by atoms with Gasteiger partial charge in [-0.3, -0.25) is 88.2 Å². The number of epoxide rings is 3. The Bertz CT molecular complexity index is 4770. The number of amides is 15. The zero-order chi connectivity index (χ0) is 87.3. The molecule has 3 aromatic rings. The second-order valence-electron chi connectivity index (χ2n) is 28.4. The summed E-state index contributed by atoms with van der Waals surface area (Å²) in [4.78, 5) is 251. The second-order valence-corrected chi connectivity index (χ2v) is 28.4. The number of fused-ring (bicyclic) bond motifs is 8. The molecule has 118 heavy (non-hydrogen) atoms. The van der Waals surface area contributed by atoms with Gasteiger partial charge in [0, 0.05) is 68.6 Å². The van der Waals surface area contributed by atoms with Crippen LogP contribution in [0.25, 0.3) is 29.9 Å². The van der Waals surface area contributed by atoms with Gasteiger partial charge in [0.05, 0.1) is 37.5 Å². The molecule has 4 fully saturated rings. The number of allylic oxidation sites excluding steroid dienone is 2. The maximum absolute atomic E-state index is 15.4. The third-order valence-electron chi connectivity index (χ3n) is 19.5. The predicted octanol–water partition coefficient (Wildman–Crippen LogP) is -6.09. The molecular formula is C75H99N19O24. The lowest BCUT2D eigenvalue weighted by molar-refractivity contribution is -0.146. The van der Waals surface area contributed by atoms with Crippen LogP contribution in [0.15, 0.2) is 24.0 Å². The largest absolute Gasteiger partial charge is 0.464 e. The minimum atomic E-state index is -1.52. The van der Waals surface area contributed by atoms with Crippen molar-refractivity contribution >= 4 is 136 Å². The number of primary amides is 3. The summed E-state index contributed by atoms with van der Waals surface area (Å²) >= 11 is 0. The van der Waals surface area contributed by atoms with Crippen LogP contribution in [-0.4, -0.2) is 249 Å². The number of aromatic amines is 3. The summed E-state index contributed by atoms with van der Waals surface area (Å²) < 4.78 is 30.1. The lowest BCUT2D eigenvalue weighted by Crippen LogP contribution is -2.57. The van der Waals surface area contributed by atoms with E-state index in [4.69, 9.17) is 45.6 Å². The first-order valence-electron chi connectivity index (χ1n) is 37.8. The smallest absolute Gasteiger partial charge is 0.338 e. The first-order chi connectivity index (χ1) is 55.6. The van der Waals surface area contributed by atoms with Crippen LogP contribution in [0, 0.1) is 25.7 Å². The van der Waals surface area contributed by atoms with Gasteiger partial charge in [0.15, 0.2) is 36.6 Å². The molecule has 14 atom stereocenters. The maximum Gasteiger partial charge on any atom is 0.338 e. The first kappa shape index (κ1) is 90.5. The average Bonchev–Trinajstić information content (AvgIpc) is 1.62. The fourth-order valence-corrected chi connectivity index (χ4v) is 13.0. The van der Waals surface area contributed by atoms with Gasteiger partial charge in [0.25, 0.3) is 41.4 Å². The summed E-state index contributed by atoms with van der Waals surface area (Å²) in [6, 6.07) is -7.45. The van der Waals surface area contributed by atoms with Crippen LogP contribution >= 0.6 is 0 Å². The Morgan fingerprint density at radius 2 is 0.924 bits per heavy atom. The van der Waals surface area contributed by atoms with Crippen molar-refractivity contribution in [3.8, 4) is 0 Å². The van der Waals surface area contributed by atoms with Crippen molar-refractivity contribution in [2.24, 2.45) is 29.0 Å². The second kappa shape index (κ2) is 39.1. The van der Waals surface area contributed by atoms with Crippen LogP contribution in [0.2, 0.25) is 0 Å². The number of carbonyl (C=O) groups is 18. The van der Waals surface area contributed by atoms with Gasteiger partial charge in [0.1, 0.15) is 55.9 Å². The highest BCUT2D eigenvalue weighted by Crippen LogP contribution is 2.43. The topological polar surface area (TPSA) is 628 Å². The summed E-state index contributed by atoms with van der Waals surface area (Å²) in [5.41, 5.74) is 27.8. The first-order valence-corrected chi connectivity index (χ1v) is 37.8. The van der Waals surface area contributed by atoms with E-state index in [-0.39, 0.29) is 60.9 Å². The Morgan fingerprint density at radius 3 is 1.33 bits per heavy atom. The van der Waals surface area contributed by atoms with Crippen LogP contribution in [0.5, 0.6) is 0 Å². The molecule has 8 heterocycles. The quantitative estimate of drug-likeness (QED) is 0.0113. The number of rotatable bonds is 35. The lowest BCUT2D eigenvalue weighted by Gasteiger charge is -2.25. The molecule has 5 aliphatic heterocycles. The number of hydrazine groups is 3. The number of nitrogens with zero attached hydrogens (tertiary/aromatic N) is 3. The molecule has 0 saturated carbocycles. The number of aromatic nitrogens is 3. The molecule has 6 unspecified atom stereocenters. The van der Waals surface area contributed by atoms with Gasteiger partial charge in [-0.05, 0) is 130 Å². The lowest BCUT2D eigenvalue weighted by atomic mass is 9.85. The average molecular weight is 1650 g/mol. The Labute approximate surface area is 674 Å². The number of H-pyrrole nitrogens is 3. The molecule has 8 bridgehead atoms. The molecule has 0 spiro atoms. The third kappa shape index (κ3) is 22.3. The number of hydrogen-bond donors (Lipinski definition) is 16. The Kier molecular flexibility index (Phi) is 29.9. The van der Waals surface area contributed by atoms with Gasteiger partial charge in [-0.2, -0.15) is 0 Å². The van der Waals surface area contributed by atoms with Gasteiger partial charge in [0.2, 0.25) is 47.3 Å². The molecule has 4 saturated heterocycles. The van der Waals surface area contributed by atoms with Crippen molar-refractivity contribution in [1.82, 2.24) is 83.5 Å². The van der Waals surface area contributed by atoms with Crippen LogP contribution in [0.1, 0.15) is 151 Å². The van der Waals surface area contributed by atoms with Gasteiger partial charge in [-0.15, -0.1) is 0 Å². The maximum atomic E-state index is 15.4. The molecule has 638 valence electrons. The van der Waals surface area contributed by atoms with E-state index in [2.05, 4.69) is 75.0 Å². The van der Waals surface area contributed by atoms with Crippen molar-refractivity contribution in [3.05, 3.63) is 85.3 Å². The van der Waals surface area contributed by atoms with E-state index in [1.54, 1.807) is 12.2 Å². The summed E-state index contributed by atoms with van der Waals surface area (Å²) in [6.45, 7) is 21.0. The molecular weight excluding hydrogens is 1550 g/mol. The molecule has 19 N–H and O–H groups in total. The van der Waals surface area contributed by atoms with Crippen LogP contribution in [0.4, 0.5) is 0 Å². The minimum Gasteiger partial charge on any atom is -0.464 e. The molecule has 43 nitrogen and oxygen atoms in total. The van der Waals surface area contributed by atoms with E-state index in [0.29, 0.717) is 49.2 Å². The molecule has 5 aliphatic rings. The normalized spacial score (nSPS) is 19.9. The SMILES string of the molecule is C=Cc1c2[nH]c(c1C)C=C1NC(=C(CC(=O)NC(C)C(=O)NC(C)C(=O)NN(CC(N)=O)C(=O)[C@H]3O[C@H]3C(=O)OCC)c3[nH]c(cc3C(=O)NC(C)C(=O)NC(C)C(=O)NN(CC(N)=O)C(=O)[C@H]3O[C@H]3C(=O)OCC)C=c3[nH]c(c(C)c3CC)=C2)[C@@H](CCC(=O)NC(C)C(=O)NC(C)C(=O)NN(CC(N)=O)C(=O)[C@H]2O[C@H]2C(=O)OCC)[C@@H]1C. The number of ether oxygens (including phenoxy) is 6. The number of hydrogen-bond acceptors (Lipinski definition) is 25. The van der Waals surface area contributed by atoms with E-state index in [9.17, 15) is 76.7 Å². The number of esters is 3. The van der Waals surface area contributed by atoms with E-state index >= 15 is 9.59 Å². The minimum absolute atomic E-state index is 0.0183. The molecule has 0 aliphatic carbocycles. The Hall–Kier alpha value is -13.1. The van der Waals surface area contributed by atoms with Crippen molar-refractivity contribution in [2.45, 2.75) is 189 Å². The van der Waals surface area contributed by atoms with Crippen LogP contribution < -0.4 is 81.4 Å². The Morgan fingerprint density at radius 1 is 0.508 bits per heavy atom. The Balaban J connectivity index is 1.14. The van der Waals surface area contributed by atoms with Crippen molar-refractivity contribution in [3.63, 3.8) is 0 Å². The highest BCUT2D eigenvalue weighted by atomic mass is 16.7. The summed E-state index contributed by atoms with van der Waals surface area (Å²) in [7, 11) is 0.